The maximum absolute atomic E-state index is 5.92. The van der Waals surface area contributed by atoms with Crippen LogP contribution in [0.4, 0.5) is 0 Å². The highest BCUT2D eigenvalue weighted by Crippen LogP contribution is 2.26. The van der Waals surface area contributed by atoms with Crippen LogP contribution >= 0.6 is 22.6 Å². The molecule has 0 aromatic heterocycles. The van der Waals surface area contributed by atoms with Crippen LogP contribution in [0.3, 0.4) is 0 Å². The molecular formula is C19H30IN3O. The molecule has 0 bridgehead atoms. The van der Waals surface area contributed by atoms with Gasteiger partial charge in [-0.05, 0) is 30.7 Å². The fraction of sp³-hybridized carbons (Fsp3) is 0.474. The zero-order chi connectivity index (χ0) is 17.9. The summed E-state index contributed by atoms with van der Waals surface area (Å²) >= 11 is 2.48. The molecule has 4 nitrogen and oxygen atoms in total. The number of benzene rings is 1. The molecule has 4 N–H and O–H groups in total. The van der Waals surface area contributed by atoms with E-state index in [1.165, 1.54) is 6.42 Å². The SMILES string of the molecule is C=C(OC)c1ccccc1/C(=C\N)C(C)NCCNCC(I)CC. The molecule has 0 aliphatic rings. The monoisotopic (exact) mass is 443 g/mol. The molecule has 0 saturated heterocycles. The Bertz CT molecular complexity index is 545. The largest absolute Gasteiger partial charge is 0.497 e. The summed E-state index contributed by atoms with van der Waals surface area (Å²) in [6.45, 7) is 11.2. The smallest absolute Gasteiger partial charge is 0.119 e. The summed E-state index contributed by atoms with van der Waals surface area (Å²) in [5, 5.41) is 7.00. The first-order valence-electron chi connectivity index (χ1n) is 8.37. The second kappa shape index (κ2) is 11.5. The van der Waals surface area contributed by atoms with E-state index in [1.807, 2.05) is 18.2 Å². The lowest BCUT2D eigenvalue weighted by Gasteiger charge is -2.21. The van der Waals surface area contributed by atoms with Gasteiger partial charge in [-0.3, -0.25) is 0 Å². The molecular weight excluding hydrogens is 413 g/mol. The molecule has 134 valence electrons. The first-order valence-corrected chi connectivity index (χ1v) is 9.62. The van der Waals surface area contributed by atoms with Gasteiger partial charge in [0.2, 0.25) is 0 Å². The lowest BCUT2D eigenvalue weighted by atomic mass is 9.95. The van der Waals surface area contributed by atoms with Crippen LogP contribution in [0.15, 0.2) is 37.0 Å². The minimum atomic E-state index is 0.143. The number of rotatable bonds is 11. The summed E-state index contributed by atoms with van der Waals surface area (Å²) in [4.78, 5) is 0. The molecule has 2 unspecified atom stereocenters. The predicted molar refractivity (Wildman–Crippen MR) is 113 cm³/mol. The molecule has 0 aliphatic heterocycles. The van der Waals surface area contributed by atoms with Gasteiger partial charge in [0.25, 0.3) is 0 Å². The van der Waals surface area contributed by atoms with Crippen molar-refractivity contribution in [1.82, 2.24) is 10.6 Å². The molecule has 24 heavy (non-hydrogen) atoms. The van der Waals surface area contributed by atoms with E-state index in [9.17, 15) is 0 Å². The van der Waals surface area contributed by atoms with Crippen molar-refractivity contribution in [2.75, 3.05) is 26.7 Å². The van der Waals surface area contributed by atoms with Gasteiger partial charge < -0.3 is 21.1 Å². The van der Waals surface area contributed by atoms with Crippen molar-refractivity contribution < 1.29 is 4.74 Å². The van der Waals surface area contributed by atoms with Gasteiger partial charge in [-0.2, -0.15) is 0 Å². The Kier molecular flexibility index (Phi) is 10.1. The lowest BCUT2D eigenvalue weighted by Crippen LogP contribution is -2.36. The first kappa shape index (κ1) is 21.0. The Balaban J connectivity index is 2.65. The molecule has 1 rings (SSSR count). The third-order valence-electron chi connectivity index (χ3n) is 3.99. The van der Waals surface area contributed by atoms with Gasteiger partial charge in [-0.15, -0.1) is 0 Å². The maximum Gasteiger partial charge on any atom is 0.119 e. The second-order valence-electron chi connectivity index (χ2n) is 5.68. The van der Waals surface area contributed by atoms with Crippen LogP contribution in [0.25, 0.3) is 11.3 Å². The van der Waals surface area contributed by atoms with Crippen molar-refractivity contribution in [2.45, 2.75) is 30.2 Å². The zero-order valence-electron chi connectivity index (χ0n) is 14.9. The van der Waals surface area contributed by atoms with Crippen molar-refractivity contribution in [2.24, 2.45) is 5.73 Å². The Hall–Kier alpha value is -1.05. The number of alkyl halides is 1. The van der Waals surface area contributed by atoms with Crippen LogP contribution in [-0.4, -0.2) is 36.7 Å². The summed E-state index contributed by atoms with van der Waals surface area (Å²) in [6, 6.07) is 8.18. The lowest BCUT2D eigenvalue weighted by molar-refractivity contribution is 0.371. The van der Waals surface area contributed by atoms with E-state index in [-0.39, 0.29) is 6.04 Å². The fourth-order valence-corrected chi connectivity index (χ4v) is 2.76. The van der Waals surface area contributed by atoms with E-state index in [0.717, 1.165) is 36.3 Å². The van der Waals surface area contributed by atoms with Crippen molar-refractivity contribution >= 4 is 33.9 Å². The van der Waals surface area contributed by atoms with Gasteiger partial charge in [0.05, 0.1) is 7.11 Å². The summed E-state index contributed by atoms with van der Waals surface area (Å²) in [5.74, 6) is 0.645. The van der Waals surface area contributed by atoms with E-state index in [2.05, 4.69) is 59.7 Å². The third-order valence-corrected chi connectivity index (χ3v) is 5.31. The average molecular weight is 443 g/mol. The molecule has 0 spiro atoms. The van der Waals surface area contributed by atoms with Crippen LogP contribution in [0.1, 0.15) is 31.4 Å². The fourth-order valence-electron chi connectivity index (χ4n) is 2.45. The Morgan fingerprint density at radius 3 is 2.58 bits per heavy atom. The molecule has 0 aliphatic carbocycles. The maximum atomic E-state index is 5.92. The first-order chi connectivity index (χ1) is 11.5. The number of ether oxygens (including phenoxy) is 1. The van der Waals surface area contributed by atoms with Crippen LogP contribution in [0, 0.1) is 0 Å². The zero-order valence-corrected chi connectivity index (χ0v) is 17.1. The minimum absolute atomic E-state index is 0.143. The number of nitrogens with one attached hydrogen (secondary N) is 2. The molecule has 2 atom stereocenters. The van der Waals surface area contributed by atoms with E-state index in [4.69, 9.17) is 10.5 Å². The van der Waals surface area contributed by atoms with E-state index in [0.29, 0.717) is 9.68 Å². The van der Waals surface area contributed by atoms with Crippen molar-refractivity contribution in [3.05, 3.63) is 48.2 Å². The Morgan fingerprint density at radius 2 is 2.00 bits per heavy atom. The van der Waals surface area contributed by atoms with Crippen LogP contribution in [0.2, 0.25) is 0 Å². The van der Waals surface area contributed by atoms with Gasteiger partial charge in [-0.25, -0.2) is 0 Å². The van der Waals surface area contributed by atoms with Crippen LogP contribution < -0.4 is 16.4 Å². The molecule has 1 aromatic rings. The summed E-state index contributed by atoms with van der Waals surface area (Å²) < 4.78 is 5.99. The number of hydrogen-bond donors (Lipinski definition) is 3. The molecule has 0 saturated carbocycles. The van der Waals surface area contributed by atoms with Gasteiger partial charge in [0.1, 0.15) is 5.76 Å². The second-order valence-corrected chi connectivity index (χ2v) is 7.44. The highest BCUT2D eigenvalue weighted by Gasteiger charge is 2.15. The summed E-state index contributed by atoms with van der Waals surface area (Å²) in [7, 11) is 1.63. The molecule has 0 radical (unpaired) electrons. The topological polar surface area (TPSA) is 59.3 Å². The van der Waals surface area contributed by atoms with Gasteiger partial charge in [0, 0.05) is 35.2 Å². The van der Waals surface area contributed by atoms with Crippen LogP contribution in [0.5, 0.6) is 0 Å². The third kappa shape index (κ3) is 6.45. The quantitative estimate of drug-likeness (QED) is 0.213. The summed E-state index contributed by atoms with van der Waals surface area (Å²) in [6.07, 6.45) is 2.86. The number of methoxy groups -OCH3 is 1. The highest BCUT2D eigenvalue weighted by molar-refractivity contribution is 14.1. The van der Waals surface area contributed by atoms with Crippen LogP contribution in [-0.2, 0) is 4.74 Å². The molecule has 0 fully saturated rings. The Morgan fingerprint density at radius 1 is 1.33 bits per heavy atom. The number of hydrogen-bond acceptors (Lipinski definition) is 4. The number of halogens is 1. The summed E-state index contributed by atoms with van der Waals surface area (Å²) in [5.41, 5.74) is 8.99. The van der Waals surface area contributed by atoms with Crippen molar-refractivity contribution in [1.29, 1.82) is 0 Å². The number of nitrogens with two attached hydrogens (primary N) is 1. The average Bonchev–Trinajstić information content (AvgIpc) is 2.61. The molecule has 5 heteroatoms. The predicted octanol–water partition coefficient (Wildman–Crippen LogP) is 3.38. The molecule has 0 amide bonds. The molecule has 1 aromatic carbocycles. The molecule has 0 heterocycles. The van der Waals surface area contributed by atoms with Gasteiger partial charge in [0.15, 0.2) is 0 Å². The highest BCUT2D eigenvalue weighted by atomic mass is 127. The van der Waals surface area contributed by atoms with E-state index in [1.54, 1.807) is 13.3 Å². The van der Waals surface area contributed by atoms with Gasteiger partial charge >= 0.3 is 0 Å². The van der Waals surface area contributed by atoms with Crippen molar-refractivity contribution in [3.8, 4) is 0 Å². The van der Waals surface area contributed by atoms with E-state index < -0.39 is 0 Å². The van der Waals surface area contributed by atoms with Gasteiger partial charge in [-0.1, -0.05) is 60.4 Å². The van der Waals surface area contributed by atoms with Crippen molar-refractivity contribution in [3.63, 3.8) is 0 Å². The Labute approximate surface area is 160 Å². The minimum Gasteiger partial charge on any atom is -0.497 e. The van der Waals surface area contributed by atoms with E-state index >= 15 is 0 Å². The normalized spacial score (nSPS) is 14.2. The standard InChI is InChI=1S/C19H30IN3O/c1-5-16(20)13-22-10-11-23-14(2)19(12-21)18-9-7-6-8-17(18)15(3)24-4/h6-9,12,14,16,22-23H,3,5,10-11,13,21H2,1-2,4H3/b19-12-.